The van der Waals surface area contributed by atoms with Gasteiger partial charge in [0.25, 0.3) is 0 Å². The molecule has 17 heavy (non-hydrogen) atoms. The summed E-state index contributed by atoms with van der Waals surface area (Å²) in [4.78, 5) is 10.8. The fraction of sp³-hybridized carbons (Fsp3) is 0.643. The van der Waals surface area contributed by atoms with Crippen LogP contribution in [-0.4, -0.2) is 23.2 Å². The van der Waals surface area contributed by atoms with Gasteiger partial charge >= 0.3 is 0 Å². The van der Waals surface area contributed by atoms with Crippen molar-refractivity contribution in [3.05, 3.63) is 24.8 Å². The molecule has 0 aliphatic heterocycles. The number of carbonyl (C=O) groups excluding carboxylic acids is 1. The summed E-state index contributed by atoms with van der Waals surface area (Å²) in [6, 6.07) is -0.163. The molecule has 2 N–H and O–H groups in total. The van der Waals surface area contributed by atoms with E-state index < -0.39 is 6.10 Å². The van der Waals surface area contributed by atoms with Gasteiger partial charge < -0.3 is 10.4 Å². The molecule has 0 bridgehead atoms. The van der Waals surface area contributed by atoms with E-state index in [4.69, 9.17) is 0 Å². The minimum Gasteiger partial charge on any atom is -0.391 e. The van der Waals surface area contributed by atoms with Crippen molar-refractivity contribution in [2.45, 2.75) is 58.1 Å². The maximum atomic E-state index is 10.8. The molecule has 0 aliphatic carbocycles. The zero-order valence-electron chi connectivity index (χ0n) is 11.0. The Morgan fingerprint density at radius 3 is 2.71 bits per heavy atom. The third kappa shape index (κ3) is 9.82. The van der Waals surface area contributed by atoms with Gasteiger partial charge in [-0.1, -0.05) is 24.6 Å². The van der Waals surface area contributed by atoms with Crippen LogP contribution in [0.4, 0.5) is 0 Å². The molecule has 0 spiro atoms. The molecule has 1 amide bonds. The first kappa shape index (κ1) is 15.9. The van der Waals surface area contributed by atoms with Gasteiger partial charge in [-0.15, -0.1) is 6.58 Å². The maximum Gasteiger partial charge on any atom is 0.217 e. The summed E-state index contributed by atoms with van der Waals surface area (Å²) in [5.74, 6) is -0.0936. The Bertz CT molecular complexity index is 249. The van der Waals surface area contributed by atoms with Crippen LogP contribution in [0.25, 0.3) is 0 Å². The summed E-state index contributed by atoms with van der Waals surface area (Å²) in [7, 11) is 0. The molecule has 2 atom stereocenters. The summed E-state index contributed by atoms with van der Waals surface area (Å²) < 4.78 is 0. The fourth-order valence-electron chi connectivity index (χ4n) is 1.59. The lowest BCUT2D eigenvalue weighted by atomic mass is 10.0. The Morgan fingerprint density at radius 2 is 2.12 bits per heavy atom. The van der Waals surface area contributed by atoms with Crippen molar-refractivity contribution in [3.8, 4) is 0 Å². The molecule has 0 saturated carbocycles. The van der Waals surface area contributed by atoms with Gasteiger partial charge in [0.1, 0.15) is 0 Å². The van der Waals surface area contributed by atoms with Gasteiger partial charge in [-0.25, -0.2) is 0 Å². The summed E-state index contributed by atoms with van der Waals surface area (Å²) in [6.45, 7) is 6.94. The van der Waals surface area contributed by atoms with Gasteiger partial charge in [-0.05, 0) is 32.6 Å². The van der Waals surface area contributed by atoms with Gasteiger partial charge in [-0.3, -0.25) is 4.79 Å². The zero-order valence-corrected chi connectivity index (χ0v) is 11.0. The Morgan fingerprint density at radius 1 is 1.41 bits per heavy atom. The lowest BCUT2D eigenvalue weighted by molar-refractivity contribution is -0.120. The Labute approximate surface area is 105 Å². The molecule has 3 nitrogen and oxygen atoms in total. The van der Waals surface area contributed by atoms with E-state index in [-0.39, 0.29) is 11.9 Å². The van der Waals surface area contributed by atoms with Crippen LogP contribution >= 0.6 is 0 Å². The summed E-state index contributed by atoms with van der Waals surface area (Å²) in [5, 5.41) is 12.5. The number of unbranched alkanes of at least 4 members (excludes halogenated alkanes) is 2. The lowest BCUT2D eigenvalue weighted by Gasteiger charge is -2.19. The first-order valence-corrected chi connectivity index (χ1v) is 6.29. The highest BCUT2D eigenvalue weighted by Crippen LogP contribution is 2.07. The minimum absolute atomic E-state index is 0.0936. The third-order valence-electron chi connectivity index (χ3n) is 2.60. The van der Waals surface area contributed by atoms with Crippen molar-refractivity contribution < 1.29 is 9.90 Å². The first-order chi connectivity index (χ1) is 8.07. The predicted molar refractivity (Wildman–Crippen MR) is 71.7 cm³/mol. The van der Waals surface area contributed by atoms with E-state index in [9.17, 15) is 9.90 Å². The molecular formula is C14H25NO2. The Kier molecular flexibility index (Phi) is 9.44. The molecule has 0 radical (unpaired) electrons. The van der Waals surface area contributed by atoms with E-state index in [1.807, 2.05) is 13.0 Å². The average Bonchev–Trinajstić information content (AvgIpc) is 2.26. The van der Waals surface area contributed by atoms with Gasteiger partial charge in [0.2, 0.25) is 5.91 Å². The number of aliphatic hydroxyl groups excluding tert-OH is 1. The van der Waals surface area contributed by atoms with Gasteiger partial charge in [0.15, 0.2) is 0 Å². The number of carbonyl (C=O) groups is 1. The van der Waals surface area contributed by atoms with E-state index in [1.165, 1.54) is 6.92 Å². The van der Waals surface area contributed by atoms with Crippen molar-refractivity contribution >= 4 is 5.91 Å². The highest BCUT2D eigenvalue weighted by Gasteiger charge is 2.13. The Balaban J connectivity index is 3.53. The van der Waals surface area contributed by atoms with E-state index >= 15 is 0 Å². The standard InChI is InChI=1S/C14H25NO2/c1-4-5-6-7-8-9-10-11-14(17)12(2)15-13(3)16/h4,6-7,12,14,17H,1,5,8-11H2,2-3H3,(H,15,16). The average molecular weight is 239 g/mol. The number of allylic oxidation sites excluding steroid dienone is 3. The van der Waals surface area contributed by atoms with Crippen LogP contribution in [0.5, 0.6) is 0 Å². The number of rotatable bonds is 9. The highest BCUT2D eigenvalue weighted by atomic mass is 16.3. The van der Waals surface area contributed by atoms with Crippen LogP contribution in [0.2, 0.25) is 0 Å². The zero-order chi connectivity index (χ0) is 13.1. The molecule has 2 unspecified atom stereocenters. The van der Waals surface area contributed by atoms with Crippen molar-refractivity contribution in [3.63, 3.8) is 0 Å². The second kappa shape index (κ2) is 10.1. The molecule has 0 aromatic rings. The van der Waals surface area contributed by atoms with Crippen LogP contribution in [0.1, 0.15) is 46.0 Å². The van der Waals surface area contributed by atoms with Crippen molar-refractivity contribution in [1.29, 1.82) is 0 Å². The molecule has 0 saturated heterocycles. The topological polar surface area (TPSA) is 49.3 Å². The number of hydrogen-bond acceptors (Lipinski definition) is 2. The van der Waals surface area contributed by atoms with Gasteiger partial charge in [0.05, 0.1) is 12.1 Å². The fourth-order valence-corrected chi connectivity index (χ4v) is 1.59. The largest absolute Gasteiger partial charge is 0.391 e. The quantitative estimate of drug-likeness (QED) is 0.480. The van der Waals surface area contributed by atoms with Crippen molar-refractivity contribution in [2.75, 3.05) is 0 Å². The van der Waals surface area contributed by atoms with Crippen molar-refractivity contribution in [1.82, 2.24) is 5.32 Å². The third-order valence-corrected chi connectivity index (χ3v) is 2.60. The van der Waals surface area contributed by atoms with Gasteiger partial charge in [0, 0.05) is 6.92 Å². The van der Waals surface area contributed by atoms with E-state index in [0.29, 0.717) is 0 Å². The SMILES string of the molecule is C=CCC=CCCCCC(O)C(C)NC(C)=O. The number of aliphatic hydroxyl groups is 1. The van der Waals surface area contributed by atoms with E-state index in [1.54, 1.807) is 0 Å². The molecule has 0 heterocycles. The second-order valence-electron chi connectivity index (χ2n) is 4.34. The molecule has 3 heteroatoms. The smallest absolute Gasteiger partial charge is 0.217 e. The lowest BCUT2D eigenvalue weighted by Crippen LogP contribution is -2.39. The summed E-state index contributed by atoms with van der Waals surface area (Å²) in [6.07, 6.45) is 10.4. The second-order valence-corrected chi connectivity index (χ2v) is 4.34. The van der Waals surface area contributed by atoms with Crippen LogP contribution < -0.4 is 5.32 Å². The number of amides is 1. The minimum atomic E-state index is -0.448. The van der Waals surface area contributed by atoms with Gasteiger partial charge in [-0.2, -0.15) is 0 Å². The van der Waals surface area contributed by atoms with E-state index in [2.05, 4.69) is 24.0 Å². The van der Waals surface area contributed by atoms with Crippen LogP contribution in [0, 0.1) is 0 Å². The first-order valence-electron chi connectivity index (χ1n) is 6.29. The highest BCUT2D eigenvalue weighted by molar-refractivity contribution is 5.73. The molecule has 98 valence electrons. The number of nitrogens with one attached hydrogen (secondary N) is 1. The Hall–Kier alpha value is -1.09. The van der Waals surface area contributed by atoms with E-state index in [0.717, 1.165) is 32.1 Å². The molecule has 0 rings (SSSR count). The normalized spacial score (nSPS) is 14.5. The summed E-state index contributed by atoms with van der Waals surface area (Å²) >= 11 is 0. The molecule has 0 aromatic heterocycles. The van der Waals surface area contributed by atoms with Crippen LogP contribution in [0.3, 0.4) is 0 Å². The predicted octanol–water partition coefficient (Wildman–Crippen LogP) is 2.56. The monoisotopic (exact) mass is 239 g/mol. The number of hydrogen-bond donors (Lipinski definition) is 2. The summed E-state index contributed by atoms with van der Waals surface area (Å²) in [5.41, 5.74) is 0. The molecule has 0 aliphatic rings. The van der Waals surface area contributed by atoms with Crippen molar-refractivity contribution in [2.24, 2.45) is 0 Å². The molecule has 0 aromatic carbocycles. The maximum absolute atomic E-state index is 10.8. The molecule has 0 fully saturated rings. The molecular weight excluding hydrogens is 214 g/mol. The van der Waals surface area contributed by atoms with Crippen LogP contribution in [0.15, 0.2) is 24.8 Å². The van der Waals surface area contributed by atoms with Crippen LogP contribution in [-0.2, 0) is 4.79 Å².